The quantitative estimate of drug-likeness (QED) is 0.825. The zero-order chi connectivity index (χ0) is 11.4. The van der Waals surface area contributed by atoms with Gasteiger partial charge in [-0.3, -0.25) is 4.98 Å². The van der Waals surface area contributed by atoms with Crippen LogP contribution >= 0.6 is 0 Å². The average Bonchev–Trinajstić information content (AvgIpc) is 2.26. The van der Waals surface area contributed by atoms with Crippen LogP contribution in [-0.4, -0.2) is 17.2 Å². The lowest BCUT2D eigenvalue weighted by Gasteiger charge is -2.10. The molecule has 0 aliphatic heterocycles. The van der Waals surface area contributed by atoms with Gasteiger partial charge in [-0.05, 0) is 0 Å². The Bertz CT molecular complexity index is 402. The van der Waals surface area contributed by atoms with Crippen molar-refractivity contribution in [2.24, 2.45) is 0 Å². The number of methoxy groups -OCH3 is 1. The smallest absolute Gasteiger partial charge is 0.268 e. The van der Waals surface area contributed by atoms with Crippen molar-refractivity contribution in [3.63, 3.8) is 0 Å². The molecule has 4 nitrogen and oxygen atoms in total. The zero-order valence-corrected chi connectivity index (χ0v) is 7.87. The Morgan fingerprint density at radius 2 is 2.33 bits per heavy atom. The molecule has 0 aliphatic carbocycles. The molecule has 1 aromatic rings. The Morgan fingerprint density at radius 3 is 2.73 bits per heavy atom. The summed E-state index contributed by atoms with van der Waals surface area (Å²) in [6.07, 6.45) is -1.78. The summed E-state index contributed by atoms with van der Waals surface area (Å²) in [5.74, 6) is -0.154. The number of aliphatic hydroxyl groups is 1. The number of hydrogen-bond acceptors (Lipinski definition) is 4. The van der Waals surface area contributed by atoms with Crippen LogP contribution < -0.4 is 4.74 Å². The predicted octanol–water partition coefficient (Wildman–Crippen LogP) is 1.39. The standard InChI is InChI=1S/C9H8F2N2O2/c1-15-7-3-13-6(4-14)5(2-12)8(7)9(10)11/h3,9,14H,4H2,1H3. The van der Waals surface area contributed by atoms with Gasteiger partial charge in [0.05, 0.1) is 36.7 Å². The summed E-state index contributed by atoms with van der Waals surface area (Å²) in [6, 6.07) is 1.59. The van der Waals surface area contributed by atoms with Gasteiger partial charge in [-0.2, -0.15) is 5.26 Å². The minimum Gasteiger partial charge on any atom is -0.495 e. The van der Waals surface area contributed by atoms with E-state index < -0.39 is 18.6 Å². The summed E-state index contributed by atoms with van der Waals surface area (Å²) in [4.78, 5) is 3.65. The van der Waals surface area contributed by atoms with Crippen molar-refractivity contribution in [1.82, 2.24) is 4.98 Å². The summed E-state index contributed by atoms with van der Waals surface area (Å²) in [7, 11) is 1.21. The van der Waals surface area contributed by atoms with E-state index in [-0.39, 0.29) is 17.0 Å². The van der Waals surface area contributed by atoms with E-state index in [1.54, 1.807) is 6.07 Å². The Hall–Kier alpha value is -1.74. The van der Waals surface area contributed by atoms with Crippen LogP contribution in [0.5, 0.6) is 5.75 Å². The summed E-state index contributed by atoms with van der Waals surface area (Å²) in [5, 5.41) is 17.5. The van der Waals surface area contributed by atoms with Crippen LogP contribution in [0, 0.1) is 11.3 Å². The first-order valence-corrected chi connectivity index (χ1v) is 4.00. The van der Waals surface area contributed by atoms with Crippen molar-refractivity contribution in [1.29, 1.82) is 5.26 Å². The maximum atomic E-state index is 12.6. The van der Waals surface area contributed by atoms with E-state index in [1.807, 2.05) is 0 Å². The third-order valence-corrected chi connectivity index (χ3v) is 1.86. The highest BCUT2D eigenvalue weighted by atomic mass is 19.3. The molecule has 1 heterocycles. The molecule has 1 rings (SSSR count). The predicted molar refractivity (Wildman–Crippen MR) is 46.4 cm³/mol. The fourth-order valence-corrected chi connectivity index (χ4v) is 1.17. The summed E-state index contributed by atoms with van der Waals surface area (Å²) in [6.45, 7) is -0.563. The molecule has 0 fully saturated rings. The van der Waals surface area contributed by atoms with Gasteiger partial charge >= 0.3 is 0 Å². The molecule has 15 heavy (non-hydrogen) atoms. The van der Waals surface area contributed by atoms with Gasteiger partial charge in [0.25, 0.3) is 6.43 Å². The van der Waals surface area contributed by atoms with Crippen LogP contribution in [0.1, 0.15) is 23.2 Å². The highest BCUT2D eigenvalue weighted by molar-refractivity contribution is 5.48. The molecule has 0 unspecified atom stereocenters. The van der Waals surface area contributed by atoms with E-state index in [9.17, 15) is 8.78 Å². The van der Waals surface area contributed by atoms with Crippen molar-refractivity contribution in [3.8, 4) is 11.8 Å². The van der Waals surface area contributed by atoms with Crippen LogP contribution in [0.4, 0.5) is 8.78 Å². The average molecular weight is 214 g/mol. The molecular formula is C9H8F2N2O2. The Balaban J connectivity index is 3.46. The largest absolute Gasteiger partial charge is 0.495 e. The topological polar surface area (TPSA) is 66.1 Å². The first-order chi connectivity index (χ1) is 7.15. The highest BCUT2D eigenvalue weighted by Crippen LogP contribution is 2.32. The van der Waals surface area contributed by atoms with E-state index in [1.165, 1.54) is 7.11 Å². The lowest BCUT2D eigenvalue weighted by atomic mass is 10.1. The minimum atomic E-state index is -2.84. The zero-order valence-electron chi connectivity index (χ0n) is 7.87. The van der Waals surface area contributed by atoms with Crippen LogP contribution in [0.15, 0.2) is 6.20 Å². The SMILES string of the molecule is COc1cnc(CO)c(C#N)c1C(F)F. The maximum absolute atomic E-state index is 12.6. The molecule has 1 N–H and O–H groups in total. The second kappa shape index (κ2) is 4.66. The highest BCUT2D eigenvalue weighted by Gasteiger charge is 2.22. The van der Waals surface area contributed by atoms with Gasteiger partial charge in [0.15, 0.2) is 0 Å². The molecule has 0 saturated heterocycles. The van der Waals surface area contributed by atoms with Crippen molar-refractivity contribution in [3.05, 3.63) is 23.0 Å². The number of hydrogen-bond donors (Lipinski definition) is 1. The fourth-order valence-electron chi connectivity index (χ4n) is 1.17. The molecule has 1 aromatic heterocycles. The normalized spacial score (nSPS) is 10.1. The Kier molecular flexibility index (Phi) is 3.52. The number of aliphatic hydroxyl groups excluding tert-OH is 1. The van der Waals surface area contributed by atoms with Gasteiger partial charge in [0.2, 0.25) is 0 Å². The third-order valence-electron chi connectivity index (χ3n) is 1.86. The van der Waals surface area contributed by atoms with Gasteiger partial charge in [-0.25, -0.2) is 8.78 Å². The number of aromatic nitrogens is 1. The molecule has 0 saturated carbocycles. The van der Waals surface area contributed by atoms with Crippen molar-refractivity contribution < 1.29 is 18.6 Å². The lowest BCUT2D eigenvalue weighted by molar-refractivity contribution is 0.146. The third kappa shape index (κ3) is 2.02. The van der Waals surface area contributed by atoms with Crippen LogP contribution in [-0.2, 0) is 6.61 Å². The van der Waals surface area contributed by atoms with Gasteiger partial charge in [-0.1, -0.05) is 0 Å². The molecule has 6 heteroatoms. The molecule has 0 spiro atoms. The molecule has 0 aliphatic rings. The number of nitrogens with zero attached hydrogens (tertiary/aromatic N) is 2. The van der Waals surface area contributed by atoms with Crippen molar-refractivity contribution in [2.75, 3.05) is 7.11 Å². The number of rotatable bonds is 3. The number of alkyl halides is 2. The van der Waals surface area contributed by atoms with Gasteiger partial charge in [0, 0.05) is 0 Å². The maximum Gasteiger partial charge on any atom is 0.268 e. The minimum absolute atomic E-state index is 0.0754. The second-order valence-electron chi connectivity index (χ2n) is 2.63. The lowest BCUT2D eigenvalue weighted by Crippen LogP contribution is -2.03. The van der Waals surface area contributed by atoms with E-state index in [0.717, 1.165) is 6.20 Å². The first-order valence-electron chi connectivity index (χ1n) is 4.00. The Morgan fingerprint density at radius 1 is 1.67 bits per heavy atom. The molecule has 0 amide bonds. The number of halogens is 2. The second-order valence-corrected chi connectivity index (χ2v) is 2.63. The Labute approximate surface area is 84.7 Å². The molecule has 0 aromatic carbocycles. The van der Waals surface area contributed by atoms with E-state index in [0.29, 0.717) is 0 Å². The first kappa shape index (κ1) is 11.3. The molecule has 0 radical (unpaired) electrons. The van der Waals surface area contributed by atoms with Crippen LogP contribution in [0.25, 0.3) is 0 Å². The number of pyridine rings is 1. The van der Waals surface area contributed by atoms with E-state index in [4.69, 9.17) is 10.4 Å². The molecular weight excluding hydrogens is 206 g/mol. The van der Waals surface area contributed by atoms with Gasteiger partial charge in [-0.15, -0.1) is 0 Å². The van der Waals surface area contributed by atoms with Crippen molar-refractivity contribution >= 4 is 0 Å². The monoisotopic (exact) mass is 214 g/mol. The fraction of sp³-hybridized carbons (Fsp3) is 0.333. The number of ether oxygens (including phenoxy) is 1. The van der Waals surface area contributed by atoms with Crippen LogP contribution in [0.3, 0.4) is 0 Å². The molecule has 0 bridgehead atoms. The van der Waals surface area contributed by atoms with E-state index >= 15 is 0 Å². The summed E-state index contributed by atoms with van der Waals surface area (Å²) in [5.41, 5.74) is -0.931. The van der Waals surface area contributed by atoms with Gasteiger partial charge < -0.3 is 9.84 Å². The summed E-state index contributed by atoms with van der Waals surface area (Å²) >= 11 is 0. The molecule has 80 valence electrons. The van der Waals surface area contributed by atoms with E-state index in [2.05, 4.69) is 9.72 Å². The van der Waals surface area contributed by atoms with Crippen LogP contribution in [0.2, 0.25) is 0 Å². The van der Waals surface area contributed by atoms with Gasteiger partial charge in [0.1, 0.15) is 11.8 Å². The number of nitriles is 1. The summed E-state index contributed by atoms with van der Waals surface area (Å²) < 4.78 is 29.9. The molecule has 0 atom stereocenters. The van der Waals surface area contributed by atoms with Crippen molar-refractivity contribution in [2.45, 2.75) is 13.0 Å².